The Balaban J connectivity index is 1.67. The number of carbonyl (C=O) groups excluding carboxylic acids is 1. The molecule has 0 unspecified atom stereocenters. The van der Waals surface area contributed by atoms with Gasteiger partial charge in [-0.25, -0.2) is 17.8 Å². The van der Waals surface area contributed by atoms with Crippen molar-refractivity contribution < 1.29 is 17.6 Å². The molecule has 30 heavy (non-hydrogen) atoms. The van der Waals surface area contributed by atoms with Gasteiger partial charge < -0.3 is 0 Å². The van der Waals surface area contributed by atoms with Crippen molar-refractivity contribution in [1.82, 2.24) is 4.98 Å². The van der Waals surface area contributed by atoms with Gasteiger partial charge in [-0.15, -0.1) is 0 Å². The molecule has 0 bridgehead atoms. The van der Waals surface area contributed by atoms with Gasteiger partial charge in [0, 0.05) is 0 Å². The molecule has 1 amide bonds. The van der Waals surface area contributed by atoms with Crippen LogP contribution < -0.4 is 4.90 Å². The van der Waals surface area contributed by atoms with Crippen LogP contribution in [0.3, 0.4) is 0 Å². The molecule has 0 saturated heterocycles. The lowest BCUT2D eigenvalue weighted by Crippen LogP contribution is -2.35. The predicted molar refractivity (Wildman–Crippen MR) is 116 cm³/mol. The van der Waals surface area contributed by atoms with Crippen LogP contribution in [-0.2, 0) is 21.2 Å². The Hall–Kier alpha value is -3.10. The summed E-state index contributed by atoms with van der Waals surface area (Å²) >= 11 is 1.33. The third kappa shape index (κ3) is 4.39. The zero-order valence-electron chi connectivity index (χ0n) is 15.7. The van der Waals surface area contributed by atoms with Crippen LogP contribution in [0.5, 0.6) is 0 Å². The Labute approximate surface area is 177 Å². The average molecular weight is 441 g/mol. The van der Waals surface area contributed by atoms with Crippen LogP contribution in [0.1, 0.15) is 5.56 Å². The summed E-state index contributed by atoms with van der Waals surface area (Å²) in [4.78, 5) is 18.9. The third-order valence-electron chi connectivity index (χ3n) is 4.48. The molecule has 0 aliphatic heterocycles. The first-order valence-corrected chi connectivity index (χ1v) is 11.6. The maximum Gasteiger partial charge on any atom is 0.244 e. The van der Waals surface area contributed by atoms with Gasteiger partial charge in [0.2, 0.25) is 5.91 Å². The van der Waals surface area contributed by atoms with Crippen LogP contribution in [0.4, 0.5) is 9.52 Å². The lowest BCUT2D eigenvalue weighted by atomic mass is 10.2. The Morgan fingerprint density at radius 3 is 2.30 bits per heavy atom. The number of benzene rings is 3. The fraction of sp³-hybridized carbons (Fsp3) is 0.0909. The molecule has 8 heteroatoms. The Kier molecular flexibility index (Phi) is 5.61. The molecular formula is C22H17FN2O3S2. The molecule has 0 fully saturated rings. The SMILES string of the molecule is O=C(CS(=O)(=O)c1ccc(F)cc1)N(Cc1ccccc1)c1nc2ccccc2s1. The fourth-order valence-corrected chi connectivity index (χ4v) is 5.15. The smallest absolute Gasteiger partial charge is 0.244 e. The topological polar surface area (TPSA) is 67.3 Å². The van der Waals surface area contributed by atoms with E-state index in [1.807, 2.05) is 54.6 Å². The molecule has 4 rings (SSSR count). The van der Waals surface area contributed by atoms with Gasteiger partial charge in [0.1, 0.15) is 11.6 Å². The lowest BCUT2D eigenvalue weighted by Gasteiger charge is -2.20. The molecule has 0 saturated carbocycles. The van der Waals surface area contributed by atoms with E-state index in [1.165, 1.54) is 16.2 Å². The summed E-state index contributed by atoms with van der Waals surface area (Å²) in [6, 6.07) is 21.2. The van der Waals surface area contributed by atoms with Crippen LogP contribution in [0, 0.1) is 5.82 Å². The highest BCUT2D eigenvalue weighted by atomic mass is 32.2. The second-order valence-electron chi connectivity index (χ2n) is 6.64. The van der Waals surface area contributed by atoms with Crippen molar-refractivity contribution in [2.24, 2.45) is 0 Å². The minimum absolute atomic E-state index is 0.0961. The zero-order valence-corrected chi connectivity index (χ0v) is 17.4. The van der Waals surface area contributed by atoms with Crippen molar-refractivity contribution in [3.8, 4) is 0 Å². The summed E-state index contributed by atoms with van der Waals surface area (Å²) in [5, 5.41) is 0.430. The highest BCUT2D eigenvalue weighted by Gasteiger charge is 2.26. The van der Waals surface area contributed by atoms with E-state index in [0.717, 1.165) is 40.0 Å². The zero-order chi connectivity index (χ0) is 21.1. The van der Waals surface area contributed by atoms with E-state index >= 15 is 0 Å². The molecule has 0 aliphatic carbocycles. The van der Waals surface area contributed by atoms with Crippen molar-refractivity contribution in [1.29, 1.82) is 0 Å². The van der Waals surface area contributed by atoms with Gasteiger partial charge in [0.05, 0.1) is 21.7 Å². The van der Waals surface area contributed by atoms with Gasteiger partial charge in [0.15, 0.2) is 15.0 Å². The van der Waals surface area contributed by atoms with E-state index in [2.05, 4.69) is 4.98 Å². The first-order chi connectivity index (χ1) is 14.4. The number of carbonyl (C=O) groups is 1. The summed E-state index contributed by atoms with van der Waals surface area (Å²) in [6.45, 7) is 0.193. The summed E-state index contributed by atoms with van der Waals surface area (Å²) in [5.74, 6) is -1.87. The molecule has 4 aromatic rings. The van der Waals surface area contributed by atoms with Crippen LogP contribution in [-0.4, -0.2) is 25.1 Å². The van der Waals surface area contributed by atoms with Gasteiger partial charge in [-0.2, -0.15) is 0 Å². The molecular weight excluding hydrogens is 423 g/mol. The number of hydrogen-bond donors (Lipinski definition) is 0. The van der Waals surface area contributed by atoms with Gasteiger partial charge >= 0.3 is 0 Å². The number of halogens is 1. The minimum atomic E-state index is -3.93. The summed E-state index contributed by atoms with van der Waals surface area (Å²) in [5.41, 5.74) is 1.59. The molecule has 0 spiro atoms. The summed E-state index contributed by atoms with van der Waals surface area (Å²) < 4.78 is 39.5. The number of sulfone groups is 1. The van der Waals surface area contributed by atoms with Crippen LogP contribution in [0.25, 0.3) is 10.2 Å². The van der Waals surface area contributed by atoms with Crippen LogP contribution in [0.2, 0.25) is 0 Å². The maximum absolute atomic E-state index is 13.2. The number of para-hydroxylation sites is 1. The number of fused-ring (bicyclic) bond motifs is 1. The molecule has 0 radical (unpaired) electrons. The van der Waals surface area contributed by atoms with E-state index in [0.29, 0.717) is 5.13 Å². The second kappa shape index (κ2) is 8.33. The Morgan fingerprint density at radius 1 is 0.933 bits per heavy atom. The number of thiazole rings is 1. The standard InChI is InChI=1S/C22H17FN2O3S2/c23-17-10-12-18(13-11-17)30(27,28)15-21(26)25(14-16-6-2-1-3-7-16)22-24-19-8-4-5-9-20(19)29-22/h1-13H,14-15H2. The number of amides is 1. The summed E-state index contributed by atoms with van der Waals surface area (Å²) in [7, 11) is -3.93. The number of anilines is 1. The van der Waals surface area contributed by atoms with Gasteiger partial charge in [-0.3, -0.25) is 9.69 Å². The van der Waals surface area contributed by atoms with Crippen LogP contribution in [0.15, 0.2) is 83.8 Å². The van der Waals surface area contributed by atoms with Crippen molar-refractivity contribution in [2.75, 3.05) is 10.7 Å². The Morgan fingerprint density at radius 2 is 1.60 bits per heavy atom. The molecule has 0 atom stereocenters. The largest absolute Gasteiger partial charge is 0.283 e. The number of nitrogens with zero attached hydrogens (tertiary/aromatic N) is 2. The molecule has 152 valence electrons. The molecule has 1 heterocycles. The monoisotopic (exact) mass is 440 g/mol. The minimum Gasteiger partial charge on any atom is -0.283 e. The Bertz CT molecular complexity index is 1250. The highest BCUT2D eigenvalue weighted by molar-refractivity contribution is 7.92. The predicted octanol–water partition coefficient (Wildman–Crippen LogP) is 4.44. The second-order valence-corrected chi connectivity index (χ2v) is 9.64. The van der Waals surface area contributed by atoms with Crippen molar-refractivity contribution in [3.05, 3.63) is 90.2 Å². The maximum atomic E-state index is 13.2. The van der Waals surface area contributed by atoms with Crippen molar-refractivity contribution in [3.63, 3.8) is 0 Å². The average Bonchev–Trinajstić information content (AvgIpc) is 3.16. The molecule has 5 nitrogen and oxygen atoms in total. The quantitative estimate of drug-likeness (QED) is 0.416. The van der Waals surface area contributed by atoms with E-state index < -0.39 is 27.3 Å². The first kappa shape index (κ1) is 20.2. The molecule has 1 aromatic heterocycles. The molecule has 3 aromatic carbocycles. The van der Waals surface area contributed by atoms with E-state index in [4.69, 9.17) is 0 Å². The number of hydrogen-bond acceptors (Lipinski definition) is 5. The van der Waals surface area contributed by atoms with E-state index in [9.17, 15) is 17.6 Å². The van der Waals surface area contributed by atoms with Gasteiger partial charge in [-0.05, 0) is 42.0 Å². The normalized spacial score (nSPS) is 11.5. The van der Waals surface area contributed by atoms with Crippen LogP contribution >= 0.6 is 11.3 Å². The van der Waals surface area contributed by atoms with E-state index in [-0.39, 0.29) is 11.4 Å². The van der Waals surface area contributed by atoms with E-state index in [1.54, 1.807) is 0 Å². The van der Waals surface area contributed by atoms with Gasteiger partial charge in [0.25, 0.3) is 0 Å². The number of aromatic nitrogens is 1. The fourth-order valence-electron chi connectivity index (χ4n) is 2.97. The molecule has 0 aliphatic rings. The third-order valence-corrected chi connectivity index (χ3v) is 7.16. The lowest BCUT2D eigenvalue weighted by molar-refractivity contribution is -0.116. The van der Waals surface area contributed by atoms with Gasteiger partial charge in [-0.1, -0.05) is 53.8 Å². The van der Waals surface area contributed by atoms with Crippen molar-refractivity contribution >= 4 is 42.4 Å². The highest BCUT2D eigenvalue weighted by Crippen LogP contribution is 2.30. The summed E-state index contributed by atoms with van der Waals surface area (Å²) in [6.07, 6.45) is 0. The number of rotatable bonds is 6. The first-order valence-electron chi connectivity index (χ1n) is 9.10. The van der Waals surface area contributed by atoms with Crippen molar-refractivity contribution in [2.45, 2.75) is 11.4 Å². The molecule has 0 N–H and O–H groups in total.